The molecule has 1 saturated heterocycles. The monoisotopic (exact) mass is 388 g/mol. The second-order valence-electron chi connectivity index (χ2n) is 6.65. The molecule has 7 nitrogen and oxygen atoms in total. The number of aryl methyl sites for hydroxylation is 1. The Balaban J connectivity index is 1.40. The highest BCUT2D eigenvalue weighted by molar-refractivity contribution is 6.31. The molecule has 0 spiro atoms. The highest BCUT2D eigenvalue weighted by Gasteiger charge is 2.33. The first-order chi connectivity index (χ1) is 12.9. The summed E-state index contributed by atoms with van der Waals surface area (Å²) >= 11 is 6.02. The van der Waals surface area contributed by atoms with E-state index in [2.05, 4.69) is 20.2 Å². The lowest BCUT2D eigenvalue weighted by Crippen LogP contribution is -2.60. The molecule has 1 fully saturated rings. The Kier molecular flexibility index (Phi) is 4.43. The average Bonchev–Trinajstić information content (AvgIpc) is 2.97. The lowest BCUT2D eigenvalue weighted by molar-refractivity contribution is -0.131. The van der Waals surface area contributed by atoms with Gasteiger partial charge in [0.1, 0.15) is 11.6 Å². The summed E-state index contributed by atoms with van der Waals surface area (Å²) < 4.78 is 15.6. The molecule has 1 aliphatic rings. The van der Waals surface area contributed by atoms with Crippen LogP contribution in [0.15, 0.2) is 30.3 Å². The van der Waals surface area contributed by atoms with Crippen molar-refractivity contribution in [1.29, 1.82) is 0 Å². The van der Waals surface area contributed by atoms with Gasteiger partial charge in [-0.25, -0.2) is 4.39 Å². The first-order valence-electron chi connectivity index (χ1n) is 8.56. The maximum atomic E-state index is 13.9. The van der Waals surface area contributed by atoms with Crippen molar-refractivity contribution in [1.82, 2.24) is 24.7 Å². The molecule has 140 valence electrons. The zero-order valence-corrected chi connectivity index (χ0v) is 15.7. The van der Waals surface area contributed by atoms with Gasteiger partial charge in [-0.1, -0.05) is 17.7 Å². The summed E-state index contributed by atoms with van der Waals surface area (Å²) in [5, 5.41) is 12.8. The van der Waals surface area contributed by atoms with E-state index >= 15 is 0 Å². The normalized spacial score (nSPS) is 14.4. The summed E-state index contributed by atoms with van der Waals surface area (Å²) in [6, 6.07) is 8.23. The molecule has 0 bridgehead atoms. The van der Waals surface area contributed by atoms with Gasteiger partial charge in [0.25, 0.3) is 0 Å². The molecule has 3 heterocycles. The van der Waals surface area contributed by atoms with Crippen LogP contribution in [0.5, 0.6) is 0 Å². The van der Waals surface area contributed by atoms with Gasteiger partial charge < -0.3 is 9.80 Å². The molecule has 0 saturated carbocycles. The van der Waals surface area contributed by atoms with Crippen LogP contribution in [0.1, 0.15) is 11.4 Å². The molecule has 1 amide bonds. The minimum absolute atomic E-state index is 0.0440. The Morgan fingerprint density at radius 2 is 2.07 bits per heavy atom. The number of benzene rings is 1. The van der Waals surface area contributed by atoms with E-state index in [1.807, 2.05) is 19.1 Å². The van der Waals surface area contributed by atoms with E-state index in [1.54, 1.807) is 22.5 Å². The number of anilines is 1. The number of carbonyl (C=O) groups is 1. The molecule has 9 heteroatoms. The predicted octanol–water partition coefficient (Wildman–Crippen LogP) is 2.11. The smallest absolute Gasteiger partial charge is 0.227 e. The van der Waals surface area contributed by atoms with E-state index < -0.39 is 5.82 Å². The van der Waals surface area contributed by atoms with Crippen molar-refractivity contribution in [2.75, 3.05) is 25.0 Å². The lowest BCUT2D eigenvalue weighted by atomic mass is 10.1. The lowest BCUT2D eigenvalue weighted by Gasteiger charge is -2.44. The second kappa shape index (κ2) is 6.77. The number of likely N-dealkylation sites (N-methyl/N-ethyl adjacent to an activating group) is 1. The van der Waals surface area contributed by atoms with Crippen molar-refractivity contribution in [3.05, 3.63) is 52.6 Å². The van der Waals surface area contributed by atoms with Crippen molar-refractivity contribution in [2.24, 2.45) is 0 Å². The van der Waals surface area contributed by atoms with Crippen LogP contribution in [0.4, 0.5) is 10.2 Å². The number of rotatable bonds is 4. The molecule has 27 heavy (non-hydrogen) atoms. The number of carbonyl (C=O) groups excluding carboxylic acids is 1. The van der Waals surface area contributed by atoms with Crippen LogP contribution >= 0.6 is 11.6 Å². The van der Waals surface area contributed by atoms with E-state index in [4.69, 9.17) is 11.6 Å². The number of amides is 1. The Morgan fingerprint density at radius 3 is 2.81 bits per heavy atom. The quantitative estimate of drug-likeness (QED) is 0.685. The highest BCUT2D eigenvalue weighted by Crippen LogP contribution is 2.24. The van der Waals surface area contributed by atoms with E-state index in [-0.39, 0.29) is 29.0 Å². The number of fused-ring (bicyclic) bond motifs is 1. The van der Waals surface area contributed by atoms with E-state index in [0.717, 1.165) is 11.6 Å². The third-order valence-electron chi connectivity index (χ3n) is 4.92. The molecule has 0 aliphatic carbocycles. The summed E-state index contributed by atoms with van der Waals surface area (Å²) in [6.45, 7) is 3.16. The number of nitrogens with zero attached hydrogens (tertiary/aromatic N) is 6. The predicted molar refractivity (Wildman–Crippen MR) is 99.4 cm³/mol. The molecule has 0 unspecified atom stereocenters. The van der Waals surface area contributed by atoms with Gasteiger partial charge in [-0.05, 0) is 31.2 Å². The van der Waals surface area contributed by atoms with Crippen molar-refractivity contribution in [3.63, 3.8) is 0 Å². The topological polar surface area (TPSA) is 66.6 Å². The van der Waals surface area contributed by atoms with Gasteiger partial charge in [-0.15, -0.1) is 15.3 Å². The minimum Gasteiger partial charge on any atom is -0.351 e. The van der Waals surface area contributed by atoms with E-state index in [0.29, 0.717) is 18.7 Å². The zero-order valence-electron chi connectivity index (χ0n) is 14.9. The third kappa shape index (κ3) is 3.21. The highest BCUT2D eigenvalue weighted by atomic mass is 35.5. The van der Waals surface area contributed by atoms with Gasteiger partial charge in [0.05, 0.1) is 12.5 Å². The largest absolute Gasteiger partial charge is 0.351 e. The maximum absolute atomic E-state index is 13.9. The van der Waals surface area contributed by atoms with Gasteiger partial charge in [0.2, 0.25) is 5.91 Å². The molecular weight excluding hydrogens is 371 g/mol. The van der Waals surface area contributed by atoms with Gasteiger partial charge in [0, 0.05) is 30.7 Å². The standard InChI is InChI=1S/C18H18ClFN6O/c1-11-21-22-16-6-7-17(23-26(11)16)25-9-12(10-25)24(2)18(27)8-13-14(19)4-3-5-15(13)20/h3-7,12H,8-10H2,1-2H3. The fourth-order valence-electron chi connectivity index (χ4n) is 3.12. The van der Waals surface area contributed by atoms with Crippen LogP contribution in [-0.2, 0) is 11.2 Å². The first-order valence-corrected chi connectivity index (χ1v) is 8.94. The van der Waals surface area contributed by atoms with Crippen LogP contribution in [0.25, 0.3) is 5.65 Å². The van der Waals surface area contributed by atoms with Crippen LogP contribution in [0.2, 0.25) is 5.02 Å². The molecule has 0 N–H and O–H groups in total. The van der Waals surface area contributed by atoms with Crippen molar-refractivity contribution >= 4 is 29.0 Å². The zero-order chi connectivity index (χ0) is 19.1. The summed E-state index contributed by atoms with van der Waals surface area (Å²) in [7, 11) is 1.74. The third-order valence-corrected chi connectivity index (χ3v) is 5.28. The van der Waals surface area contributed by atoms with Gasteiger partial charge >= 0.3 is 0 Å². The van der Waals surface area contributed by atoms with Crippen molar-refractivity contribution in [3.8, 4) is 0 Å². The van der Waals surface area contributed by atoms with Crippen molar-refractivity contribution in [2.45, 2.75) is 19.4 Å². The van der Waals surface area contributed by atoms with Gasteiger partial charge in [-0.3, -0.25) is 4.79 Å². The average molecular weight is 389 g/mol. The second-order valence-corrected chi connectivity index (χ2v) is 7.06. The fourth-order valence-corrected chi connectivity index (χ4v) is 3.35. The van der Waals surface area contributed by atoms with Crippen molar-refractivity contribution < 1.29 is 9.18 Å². The van der Waals surface area contributed by atoms with E-state index in [1.165, 1.54) is 12.1 Å². The number of hydrogen-bond acceptors (Lipinski definition) is 5. The Bertz CT molecular complexity index is 996. The number of halogens is 2. The Labute approximate surface area is 160 Å². The first kappa shape index (κ1) is 17.7. The molecule has 0 radical (unpaired) electrons. The van der Waals surface area contributed by atoms with Crippen LogP contribution in [0.3, 0.4) is 0 Å². The summed E-state index contributed by atoms with van der Waals surface area (Å²) in [4.78, 5) is 16.3. The fraction of sp³-hybridized carbons (Fsp3) is 0.333. The molecule has 4 rings (SSSR count). The van der Waals surface area contributed by atoms with Crippen LogP contribution < -0.4 is 4.90 Å². The van der Waals surface area contributed by atoms with Crippen LogP contribution in [0, 0.1) is 12.7 Å². The van der Waals surface area contributed by atoms with E-state index in [9.17, 15) is 9.18 Å². The van der Waals surface area contributed by atoms with Gasteiger partial charge in [0.15, 0.2) is 11.5 Å². The molecule has 3 aromatic rings. The summed E-state index contributed by atoms with van der Waals surface area (Å²) in [5.74, 6) is 0.906. The molecule has 2 aromatic heterocycles. The molecule has 0 atom stereocenters. The van der Waals surface area contributed by atoms with Crippen LogP contribution in [-0.4, -0.2) is 56.8 Å². The maximum Gasteiger partial charge on any atom is 0.227 e. The Hall–Kier alpha value is -2.74. The molecule has 1 aromatic carbocycles. The number of aromatic nitrogens is 4. The number of hydrogen-bond donors (Lipinski definition) is 0. The van der Waals surface area contributed by atoms with Gasteiger partial charge in [-0.2, -0.15) is 4.52 Å². The summed E-state index contributed by atoms with van der Waals surface area (Å²) in [5.41, 5.74) is 0.935. The SMILES string of the molecule is Cc1nnc2ccc(N3CC(N(C)C(=O)Cc4c(F)cccc4Cl)C3)nn12. The molecular formula is C18H18ClFN6O. The summed E-state index contributed by atoms with van der Waals surface area (Å²) in [6.07, 6.45) is -0.0530. The Morgan fingerprint density at radius 1 is 1.30 bits per heavy atom. The molecule has 1 aliphatic heterocycles. The minimum atomic E-state index is -0.457.